The van der Waals surface area contributed by atoms with Gasteiger partial charge in [0.1, 0.15) is 23.0 Å². The summed E-state index contributed by atoms with van der Waals surface area (Å²) < 4.78 is 12.4. The molecule has 36 heavy (non-hydrogen) atoms. The largest absolute Gasteiger partial charge is 0.494 e. The SMILES string of the molecule is COc1cccc(OC)c1-n1c(CC2CC2)nc(O)c(C(=O)N2CCC(c3cccc(Cl)c3)C2)c1=O. The fourth-order valence-corrected chi connectivity index (χ4v) is 5.07. The lowest BCUT2D eigenvalue weighted by Gasteiger charge is -2.21. The van der Waals surface area contributed by atoms with Crippen molar-refractivity contribution in [3.63, 3.8) is 0 Å². The van der Waals surface area contributed by atoms with E-state index in [1.165, 1.54) is 18.8 Å². The topological polar surface area (TPSA) is 93.9 Å². The van der Waals surface area contributed by atoms with E-state index in [1.807, 2.05) is 24.3 Å². The molecule has 1 aliphatic heterocycles. The number of ether oxygens (including phenoxy) is 2. The lowest BCUT2D eigenvalue weighted by atomic mass is 9.99. The van der Waals surface area contributed by atoms with Crippen LogP contribution in [0.2, 0.25) is 5.02 Å². The van der Waals surface area contributed by atoms with Gasteiger partial charge in [0.25, 0.3) is 11.5 Å². The van der Waals surface area contributed by atoms with E-state index in [0.717, 1.165) is 24.8 Å². The highest BCUT2D eigenvalue weighted by atomic mass is 35.5. The second kappa shape index (κ2) is 9.85. The van der Waals surface area contributed by atoms with Gasteiger partial charge >= 0.3 is 0 Å². The summed E-state index contributed by atoms with van der Waals surface area (Å²) in [6.07, 6.45) is 3.28. The van der Waals surface area contributed by atoms with E-state index < -0.39 is 17.3 Å². The molecule has 5 rings (SSSR count). The van der Waals surface area contributed by atoms with Crippen molar-refractivity contribution in [2.24, 2.45) is 5.92 Å². The molecule has 1 saturated heterocycles. The van der Waals surface area contributed by atoms with Crippen molar-refractivity contribution in [1.82, 2.24) is 14.5 Å². The number of aromatic nitrogens is 2. The van der Waals surface area contributed by atoms with Gasteiger partial charge in [0.05, 0.1) is 14.2 Å². The Balaban J connectivity index is 1.57. The highest BCUT2D eigenvalue weighted by Gasteiger charge is 2.34. The second-order valence-corrected chi connectivity index (χ2v) is 9.75. The summed E-state index contributed by atoms with van der Waals surface area (Å²) in [5.41, 5.74) is 0.408. The van der Waals surface area contributed by atoms with Crippen LogP contribution in [0.3, 0.4) is 0 Å². The first-order valence-corrected chi connectivity index (χ1v) is 12.4. The van der Waals surface area contributed by atoms with E-state index in [0.29, 0.717) is 53.5 Å². The van der Waals surface area contributed by atoms with Crippen molar-refractivity contribution in [2.45, 2.75) is 31.6 Å². The predicted octanol–water partition coefficient (Wildman–Crippen LogP) is 4.19. The highest BCUT2D eigenvalue weighted by Crippen LogP contribution is 2.37. The van der Waals surface area contributed by atoms with Crippen LogP contribution in [0.25, 0.3) is 5.69 Å². The van der Waals surface area contributed by atoms with Crippen molar-refractivity contribution in [3.05, 3.63) is 74.8 Å². The zero-order valence-electron chi connectivity index (χ0n) is 20.2. The number of halogens is 1. The Morgan fingerprint density at radius 1 is 1.11 bits per heavy atom. The third kappa shape index (κ3) is 4.53. The van der Waals surface area contributed by atoms with Crippen molar-refractivity contribution in [3.8, 4) is 23.1 Å². The number of hydrogen-bond acceptors (Lipinski definition) is 6. The van der Waals surface area contributed by atoms with Crippen LogP contribution < -0.4 is 15.0 Å². The zero-order chi connectivity index (χ0) is 25.4. The molecule has 0 spiro atoms. The van der Waals surface area contributed by atoms with Gasteiger partial charge in [-0.05, 0) is 55.0 Å². The van der Waals surface area contributed by atoms with Gasteiger partial charge in [-0.3, -0.25) is 14.2 Å². The van der Waals surface area contributed by atoms with Gasteiger partial charge < -0.3 is 19.5 Å². The van der Waals surface area contributed by atoms with E-state index in [2.05, 4.69) is 4.98 Å². The van der Waals surface area contributed by atoms with Crippen LogP contribution in [-0.4, -0.2) is 52.8 Å². The predicted molar refractivity (Wildman–Crippen MR) is 136 cm³/mol. The van der Waals surface area contributed by atoms with Gasteiger partial charge in [-0.1, -0.05) is 29.8 Å². The first kappa shape index (κ1) is 24.2. The molecule has 1 saturated carbocycles. The van der Waals surface area contributed by atoms with Gasteiger partial charge in [-0.2, -0.15) is 4.98 Å². The lowest BCUT2D eigenvalue weighted by molar-refractivity contribution is 0.0784. The molecule has 0 radical (unpaired) electrons. The van der Waals surface area contributed by atoms with E-state index in [9.17, 15) is 14.7 Å². The number of likely N-dealkylation sites (tertiary alicyclic amines) is 1. The maximum Gasteiger partial charge on any atom is 0.275 e. The molecule has 1 aromatic heterocycles. The molecule has 9 heteroatoms. The summed E-state index contributed by atoms with van der Waals surface area (Å²) in [4.78, 5) is 33.5. The number of methoxy groups -OCH3 is 2. The number of benzene rings is 2. The van der Waals surface area contributed by atoms with Crippen molar-refractivity contribution >= 4 is 17.5 Å². The molecule has 1 aliphatic carbocycles. The van der Waals surface area contributed by atoms with Gasteiger partial charge in [-0.15, -0.1) is 0 Å². The molecule has 2 aliphatic rings. The second-order valence-electron chi connectivity index (χ2n) is 9.32. The average molecular weight is 510 g/mol. The minimum absolute atomic E-state index is 0.0911. The molecular formula is C27H28ClN3O5. The first-order chi connectivity index (χ1) is 17.4. The summed E-state index contributed by atoms with van der Waals surface area (Å²) in [6.45, 7) is 0.872. The maximum atomic E-state index is 13.9. The summed E-state index contributed by atoms with van der Waals surface area (Å²) in [5, 5.41) is 11.5. The van der Waals surface area contributed by atoms with E-state index >= 15 is 0 Å². The summed E-state index contributed by atoms with van der Waals surface area (Å²) in [7, 11) is 3.01. The average Bonchev–Trinajstić information content (AvgIpc) is 3.54. The van der Waals surface area contributed by atoms with Gasteiger partial charge in [-0.25, -0.2) is 0 Å². The molecule has 1 unspecified atom stereocenters. The highest BCUT2D eigenvalue weighted by molar-refractivity contribution is 6.30. The molecule has 0 bridgehead atoms. The quantitative estimate of drug-likeness (QED) is 0.513. The molecule has 3 aromatic rings. The Labute approximate surface area is 214 Å². The Morgan fingerprint density at radius 2 is 1.81 bits per heavy atom. The third-order valence-electron chi connectivity index (χ3n) is 6.94. The number of carbonyl (C=O) groups is 1. The van der Waals surface area contributed by atoms with Crippen molar-refractivity contribution in [1.29, 1.82) is 0 Å². The van der Waals surface area contributed by atoms with Crippen LogP contribution in [-0.2, 0) is 6.42 Å². The smallest absolute Gasteiger partial charge is 0.275 e. The monoisotopic (exact) mass is 509 g/mol. The summed E-state index contributed by atoms with van der Waals surface area (Å²) in [6, 6.07) is 12.8. The standard InChI is InChI=1S/C27H28ClN3O5/c1-35-20-7-4-8-21(36-2)24(20)31-22(13-16-9-10-16)29-25(32)23(27(31)34)26(33)30-12-11-18(15-30)17-5-3-6-19(28)14-17/h3-8,14,16,18,32H,9-13,15H2,1-2H3. The number of aromatic hydroxyl groups is 1. The van der Waals surface area contributed by atoms with Crippen LogP contribution in [0.15, 0.2) is 47.3 Å². The molecular weight excluding hydrogens is 482 g/mol. The molecule has 8 nitrogen and oxygen atoms in total. The molecule has 2 aromatic carbocycles. The third-order valence-corrected chi connectivity index (χ3v) is 7.17. The zero-order valence-corrected chi connectivity index (χ0v) is 21.0. The van der Waals surface area contributed by atoms with Gasteiger partial charge in [0.15, 0.2) is 5.56 Å². The Kier molecular flexibility index (Phi) is 6.62. The Hall–Kier alpha value is -3.52. The van der Waals surface area contributed by atoms with Crippen LogP contribution in [0, 0.1) is 5.92 Å². The van der Waals surface area contributed by atoms with Crippen LogP contribution >= 0.6 is 11.6 Å². The Bertz CT molecular complexity index is 1350. The number of amides is 1. The number of carbonyl (C=O) groups excluding carboxylic acids is 1. The Morgan fingerprint density at radius 3 is 2.44 bits per heavy atom. The molecule has 1 N–H and O–H groups in total. The van der Waals surface area contributed by atoms with Crippen LogP contribution in [0.1, 0.15) is 46.9 Å². The van der Waals surface area contributed by atoms with Gasteiger partial charge in [0, 0.05) is 30.5 Å². The van der Waals surface area contributed by atoms with Gasteiger partial charge in [0.2, 0.25) is 5.88 Å². The number of rotatable bonds is 7. The number of nitrogens with zero attached hydrogens (tertiary/aromatic N) is 3. The molecule has 1 amide bonds. The molecule has 1 atom stereocenters. The van der Waals surface area contributed by atoms with E-state index in [4.69, 9.17) is 21.1 Å². The summed E-state index contributed by atoms with van der Waals surface area (Å²) in [5.74, 6) is 0.558. The van der Waals surface area contributed by atoms with E-state index in [-0.39, 0.29) is 11.5 Å². The number of hydrogen-bond donors (Lipinski definition) is 1. The molecule has 2 fully saturated rings. The molecule has 188 valence electrons. The minimum Gasteiger partial charge on any atom is -0.494 e. The van der Waals surface area contributed by atoms with Crippen molar-refractivity contribution in [2.75, 3.05) is 27.3 Å². The van der Waals surface area contributed by atoms with Crippen LogP contribution in [0.4, 0.5) is 0 Å². The molecule has 2 heterocycles. The number of para-hydroxylation sites is 1. The minimum atomic E-state index is -0.642. The maximum absolute atomic E-state index is 13.9. The fourth-order valence-electron chi connectivity index (χ4n) is 4.88. The lowest BCUT2D eigenvalue weighted by Crippen LogP contribution is -2.37. The first-order valence-electron chi connectivity index (χ1n) is 12.0. The van der Waals surface area contributed by atoms with Crippen molar-refractivity contribution < 1.29 is 19.4 Å². The normalized spacial score (nSPS) is 17.3. The van der Waals surface area contributed by atoms with Crippen LogP contribution in [0.5, 0.6) is 17.4 Å². The van der Waals surface area contributed by atoms with E-state index in [1.54, 1.807) is 23.1 Å². The summed E-state index contributed by atoms with van der Waals surface area (Å²) >= 11 is 6.15. The fraction of sp³-hybridized carbons (Fsp3) is 0.370.